The van der Waals surface area contributed by atoms with Crippen LogP contribution < -0.4 is 14.8 Å². The highest BCUT2D eigenvalue weighted by molar-refractivity contribution is 8.14. The van der Waals surface area contributed by atoms with Crippen LogP contribution >= 0.6 is 11.8 Å². The van der Waals surface area contributed by atoms with Crippen LogP contribution in [0.4, 0.5) is 5.69 Å². The van der Waals surface area contributed by atoms with Gasteiger partial charge in [-0.2, -0.15) is 5.26 Å². The molecular formula is C22H17N5O4S. The zero-order chi connectivity index (χ0) is 22.1. The highest BCUT2D eigenvalue weighted by Gasteiger charge is 2.42. The average molecular weight is 447 g/mol. The SMILES string of the molecule is N#CCSC1=Nc2ccccc2C2=NC(CC(=O)NCc3ccc4c(c3)OCO4)C(=O)N12. The Bertz CT molecular complexity index is 1220. The lowest BCUT2D eigenvalue weighted by Gasteiger charge is -2.25. The summed E-state index contributed by atoms with van der Waals surface area (Å²) in [6.07, 6.45) is -0.0816. The van der Waals surface area contributed by atoms with Crippen LogP contribution in [0.1, 0.15) is 17.5 Å². The van der Waals surface area contributed by atoms with E-state index in [2.05, 4.69) is 15.3 Å². The molecule has 0 fully saturated rings. The first-order valence-electron chi connectivity index (χ1n) is 9.89. The summed E-state index contributed by atoms with van der Waals surface area (Å²) >= 11 is 1.17. The molecular weight excluding hydrogens is 430 g/mol. The molecule has 1 unspecified atom stereocenters. The lowest BCUT2D eigenvalue weighted by Crippen LogP contribution is -2.42. The van der Waals surface area contributed by atoms with E-state index in [4.69, 9.17) is 14.7 Å². The molecule has 0 spiro atoms. The van der Waals surface area contributed by atoms with Crippen LogP contribution in [-0.2, 0) is 16.1 Å². The predicted octanol–water partition coefficient (Wildman–Crippen LogP) is 2.34. The van der Waals surface area contributed by atoms with Crippen molar-refractivity contribution in [2.45, 2.75) is 19.0 Å². The minimum atomic E-state index is -0.846. The zero-order valence-electron chi connectivity index (χ0n) is 16.8. The molecule has 0 bridgehead atoms. The summed E-state index contributed by atoms with van der Waals surface area (Å²) in [5.74, 6) is 1.33. The van der Waals surface area contributed by atoms with Gasteiger partial charge in [0.05, 0.1) is 23.9 Å². The molecule has 3 aliphatic rings. The Morgan fingerprint density at radius 1 is 1.25 bits per heavy atom. The van der Waals surface area contributed by atoms with Gasteiger partial charge >= 0.3 is 0 Å². The molecule has 9 nitrogen and oxygen atoms in total. The summed E-state index contributed by atoms with van der Waals surface area (Å²) in [5.41, 5.74) is 2.27. The average Bonchev–Trinajstić information content (AvgIpc) is 3.40. The minimum Gasteiger partial charge on any atom is -0.454 e. The monoisotopic (exact) mass is 447 g/mol. The second-order valence-corrected chi connectivity index (χ2v) is 8.11. The Labute approximate surface area is 187 Å². The lowest BCUT2D eigenvalue weighted by atomic mass is 10.1. The molecule has 160 valence electrons. The molecule has 5 rings (SSSR count). The first-order chi connectivity index (χ1) is 15.6. The van der Waals surface area contributed by atoms with Gasteiger partial charge in [-0.3, -0.25) is 14.6 Å². The molecule has 2 aromatic carbocycles. The van der Waals surface area contributed by atoms with Crippen LogP contribution in [0.3, 0.4) is 0 Å². The second kappa shape index (κ2) is 8.36. The highest BCUT2D eigenvalue weighted by Crippen LogP contribution is 2.34. The Morgan fingerprint density at radius 3 is 2.97 bits per heavy atom. The van der Waals surface area contributed by atoms with E-state index >= 15 is 0 Å². The molecule has 10 heteroatoms. The number of amidine groups is 2. The summed E-state index contributed by atoms with van der Waals surface area (Å²) in [6, 6.07) is 14.0. The van der Waals surface area contributed by atoms with Gasteiger partial charge in [0.1, 0.15) is 11.9 Å². The largest absolute Gasteiger partial charge is 0.454 e. The maximum Gasteiger partial charge on any atom is 0.259 e. The van der Waals surface area contributed by atoms with E-state index in [9.17, 15) is 9.59 Å². The van der Waals surface area contributed by atoms with Crippen molar-refractivity contribution in [3.05, 3.63) is 53.6 Å². The number of nitriles is 1. The standard InChI is InChI=1S/C22H17N5O4S/c23-7-8-32-22-26-15-4-2-1-3-14(15)20-25-16(21(29)27(20)22)10-19(28)24-11-13-5-6-17-18(9-13)31-12-30-17/h1-6,9,16H,8,10-12H2,(H,24,28). The number of nitrogens with one attached hydrogen (secondary N) is 1. The topological polar surface area (TPSA) is 116 Å². The van der Waals surface area contributed by atoms with E-state index in [1.807, 2.05) is 42.5 Å². The number of para-hydroxylation sites is 1. The number of benzene rings is 2. The van der Waals surface area contributed by atoms with Crippen LogP contribution in [0.25, 0.3) is 0 Å². The Balaban J connectivity index is 1.30. The molecule has 0 aliphatic carbocycles. The van der Waals surface area contributed by atoms with Crippen LogP contribution in [-0.4, -0.2) is 46.3 Å². The van der Waals surface area contributed by atoms with Crippen molar-refractivity contribution in [2.24, 2.45) is 9.98 Å². The first-order valence-corrected chi connectivity index (χ1v) is 10.9. The van der Waals surface area contributed by atoms with Gasteiger partial charge in [0, 0.05) is 12.1 Å². The molecule has 0 saturated carbocycles. The van der Waals surface area contributed by atoms with E-state index in [1.54, 1.807) is 6.07 Å². The molecule has 2 aromatic rings. The van der Waals surface area contributed by atoms with E-state index in [-0.39, 0.29) is 30.8 Å². The molecule has 1 N–H and O–H groups in total. The van der Waals surface area contributed by atoms with Crippen molar-refractivity contribution in [3.8, 4) is 17.6 Å². The number of carbonyl (C=O) groups excluding carboxylic acids is 2. The van der Waals surface area contributed by atoms with Gasteiger partial charge in [-0.25, -0.2) is 9.89 Å². The maximum atomic E-state index is 13.1. The molecule has 1 atom stereocenters. The van der Waals surface area contributed by atoms with Crippen molar-refractivity contribution in [2.75, 3.05) is 12.5 Å². The third-order valence-corrected chi connectivity index (χ3v) is 5.92. The van der Waals surface area contributed by atoms with Gasteiger partial charge in [-0.05, 0) is 29.8 Å². The fraction of sp³-hybridized carbons (Fsp3) is 0.227. The predicted molar refractivity (Wildman–Crippen MR) is 118 cm³/mol. The smallest absolute Gasteiger partial charge is 0.259 e. The van der Waals surface area contributed by atoms with Crippen molar-refractivity contribution < 1.29 is 19.1 Å². The Kier molecular flexibility index (Phi) is 5.25. The third-order valence-electron chi connectivity index (χ3n) is 5.12. The third kappa shape index (κ3) is 3.67. The molecule has 0 aromatic heterocycles. The Hall–Kier alpha value is -3.84. The molecule has 0 radical (unpaired) electrons. The van der Waals surface area contributed by atoms with Gasteiger partial charge in [-0.15, -0.1) is 0 Å². The number of aliphatic imine (C=N–C) groups is 2. The Morgan fingerprint density at radius 2 is 2.09 bits per heavy atom. The van der Waals surface area contributed by atoms with Crippen molar-refractivity contribution in [3.63, 3.8) is 0 Å². The summed E-state index contributed by atoms with van der Waals surface area (Å²) < 4.78 is 10.6. The fourth-order valence-corrected chi connectivity index (χ4v) is 4.29. The number of nitrogens with zero attached hydrogens (tertiary/aromatic N) is 4. The van der Waals surface area contributed by atoms with Crippen LogP contribution in [0.5, 0.6) is 11.5 Å². The summed E-state index contributed by atoms with van der Waals surface area (Å²) in [7, 11) is 0. The number of fused-ring (bicyclic) bond motifs is 4. The summed E-state index contributed by atoms with van der Waals surface area (Å²) in [4.78, 5) is 36.1. The molecule has 2 amide bonds. The second-order valence-electron chi connectivity index (χ2n) is 7.17. The van der Waals surface area contributed by atoms with Crippen molar-refractivity contribution in [1.29, 1.82) is 5.26 Å². The van der Waals surface area contributed by atoms with Gasteiger partial charge in [0.25, 0.3) is 5.91 Å². The minimum absolute atomic E-state index is 0.0816. The summed E-state index contributed by atoms with van der Waals surface area (Å²) in [6.45, 7) is 0.483. The van der Waals surface area contributed by atoms with Crippen LogP contribution in [0.2, 0.25) is 0 Å². The van der Waals surface area contributed by atoms with Crippen molar-refractivity contribution in [1.82, 2.24) is 10.2 Å². The quantitative estimate of drug-likeness (QED) is 0.752. The van der Waals surface area contributed by atoms with E-state index in [1.165, 1.54) is 16.7 Å². The lowest BCUT2D eigenvalue weighted by molar-refractivity contribution is -0.128. The number of thioether (sulfide) groups is 1. The van der Waals surface area contributed by atoms with Gasteiger partial charge < -0.3 is 14.8 Å². The first kappa shape index (κ1) is 20.1. The van der Waals surface area contributed by atoms with Crippen LogP contribution in [0, 0.1) is 11.3 Å². The van der Waals surface area contributed by atoms with Crippen molar-refractivity contribution >= 4 is 40.3 Å². The van der Waals surface area contributed by atoms with Gasteiger partial charge in [0.15, 0.2) is 16.7 Å². The number of carbonyl (C=O) groups is 2. The van der Waals surface area contributed by atoms with Crippen LogP contribution in [0.15, 0.2) is 52.4 Å². The van der Waals surface area contributed by atoms with E-state index in [0.29, 0.717) is 34.7 Å². The zero-order valence-corrected chi connectivity index (χ0v) is 17.6. The van der Waals surface area contributed by atoms with E-state index < -0.39 is 6.04 Å². The number of amides is 2. The van der Waals surface area contributed by atoms with E-state index in [0.717, 1.165) is 11.1 Å². The number of hydrogen-bond donors (Lipinski definition) is 1. The summed E-state index contributed by atoms with van der Waals surface area (Å²) in [5, 5.41) is 12.2. The molecule has 32 heavy (non-hydrogen) atoms. The number of ether oxygens (including phenoxy) is 2. The number of hydrogen-bond acceptors (Lipinski definition) is 8. The fourth-order valence-electron chi connectivity index (χ4n) is 3.63. The molecule has 3 aliphatic heterocycles. The highest BCUT2D eigenvalue weighted by atomic mass is 32.2. The maximum absolute atomic E-state index is 13.1. The normalized spacial score (nSPS) is 17.8. The molecule has 0 saturated heterocycles. The number of rotatable bonds is 5. The van der Waals surface area contributed by atoms with Gasteiger partial charge in [0.2, 0.25) is 12.7 Å². The molecule has 3 heterocycles. The van der Waals surface area contributed by atoms with Gasteiger partial charge in [-0.1, -0.05) is 30.0 Å².